The number of carboxylic acids is 1. The van der Waals surface area contributed by atoms with Gasteiger partial charge in [-0.1, -0.05) is 5.16 Å². The van der Waals surface area contributed by atoms with Gasteiger partial charge in [0.1, 0.15) is 11.7 Å². The highest BCUT2D eigenvalue weighted by Crippen LogP contribution is 2.39. The third-order valence-corrected chi connectivity index (χ3v) is 8.54. The van der Waals surface area contributed by atoms with Crippen LogP contribution in [0.4, 0.5) is 13.9 Å². The third-order valence-electron chi connectivity index (χ3n) is 5.82. The fraction of sp³-hybridized carbons (Fsp3) is 0.217. The first kappa shape index (κ1) is 26.7. The average Bonchev–Trinajstić information content (AvgIpc) is 3.55. The predicted octanol–water partition coefficient (Wildman–Crippen LogP) is 0.831. The Morgan fingerprint density at radius 3 is 2.92 bits per heavy atom. The first-order valence-corrected chi connectivity index (χ1v) is 14.0. The van der Waals surface area contributed by atoms with Gasteiger partial charge in [-0.05, 0) is 23.6 Å². The number of rotatable bonds is 9. The summed E-state index contributed by atoms with van der Waals surface area (Å²) < 4.78 is 28.2. The van der Waals surface area contributed by atoms with Gasteiger partial charge in [-0.2, -0.15) is 8.78 Å². The molecule has 0 bridgehead atoms. The van der Waals surface area contributed by atoms with Crippen molar-refractivity contribution in [1.29, 1.82) is 0 Å². The topological polar surface area (TPSA) is 154 Å². The van der Waals surface area contributed by atoms with Gasteiger partial charge in [-0.25, -0.2) is 9.55 Å². The number of anilines is 1. The van der Waals surface area contributed by atoms with Crippen LogP contribution >= 0.6 is 34.4 Å². The highest BCUT2D eigenvalue weighted by Gasteiger charge is 2.52. The van der Waals surface area contributed by atoms with Gasteiger partial charge in [-0.15, -0.1) is 34.4 Å². The lowest BCUT2D eigenvalue weighted by Crippen LogP contribution is -2.73. The smallest absolute Gasteiger partial charge is 0.407 e. The number of nitrogens with two attached hydrogens (primary N) is 1. The zero-order valence-electron chi connectivity index (χ0n) is 19.7. The summed E-state index contributed by atoms with van der Waals surface area (Å²) in [7, 11) is 0. The number of halogens is 2. The van der Waals surface area contributed by atoms with Gasteiger partial charge in [0, 0.05) is 26.8 Å². The van der Waals surface area contributed by atoms with Gasteiger partial charge < -0.3 is 30.7 Å². The first-order chi connectivity index (χ1) is 18.7. The van der Waals surface area contributed by atoms with Gasteiger partial charge in [0.15, 0.2) is 29.8 Å². The second-order valence-corrected chi connectivity index (χ2v) is 11.1. The number of oxime groups is 1. The van der Waals surface area contributed by atoms with Crippen LogP contribution in [0.25, 0.3) is 10.1 Å². The van der Waals surface area contributed by atoms with Crippen molar-refractivity contribution in [2.24, 2.45) is 5.16 Å². The van der Waals surface area contributed by atoms with Crippen LogP contribution in [-0.2, 0) is 25.8 Å². The minimum absolute atomic E-state index is 0.0619. The molecular formula is C23H18F2N6O5S3. The molecule has 0 spiro atoms. The van der Waals surface area contributed by atoms with Crippen LogP contribution in [-0.4, -0.2) is 57.8 Å². The Morgan fingerprint density at radius 1 is 1.38 bits per heavy atom. The van der Waals surface area contributed by atoms with Crippen molar-refractivity contribution in [3.8, 4) is 0 Å². The molecule has 1 fully saturated rings. The molecule has 16 heteroatoms. The van der Waals surface area contributed by atoms with E-state index in [4.69, 9.17) is 5.73 Å². The molecule has 0 saturated carbocycles. The average molecular weight is 593 g/mol. The Kier molecular flexibility index (Phi) is 7.58. The zero-order chi connectivity index (χ0) is 27.7. The number of nitrogens with one attached hydrogen (secondary N) is 1. The number of carbonyl (C=O) groups excluding carboxylic acids is 3. The summed E-state index contributed by atoms with van der Waals surface area (Å²) in [6.07, 6.45) is 7.29. The fourth-order valence-electron chi connectivity index (χ4n) is 4.09. The van der Waals surface area contributed by atoms with E-state index < -0.39 is 42.2 Å². The number of thioether (sulfide) groups is 1. The van der Waals surface area contributed by atoms with Crippen molar-refractivity contribution < 1.29 is 37.7 Å². The fourth-order valence-corrected chi connectivity index (χ4v) is 6.60. The number of hydrogen-bond donors (Lipinski definition) is 2. The summed E-state index contributed by atoms with van der Waals surface area (Å²) in [4.78, 5) is 46.9. The lowest BCUT2D eigenvalue weighted by molar-refractivity contribution is -0.685. The van der Waals surface area contributed by atoms with E-state index in [1.54, 1.807) is 23.5 Å². The number of hydrogen-bond acceptors (Lipinski definition) is 11. The molecule has 2 atom stereocenters. The minimum Gasteiger partial charge on any atom is -0.543 e. The van der Waals surface area contributed by atoms with Gasteiger partial charge in [0.2, 0.25) is 0 Å². The highest BCUT2D eigenvalue weighted by atomic mass is 32.2. The third kappa shape index (κ3) is 5.48. The maximum absolute atomic E-state index is 12.9. The quantitative estimate of drug-likeness (QED) is 0.160. The van der Waals surface area contributed by atoms with Gasteiger partial charge in [0.25, 0.3) is 11.8 Å². The summed E-state index contributed by atoms with van der Waals surface area (Å²) >= 11 is 3.78. The van der Waals surface area contributed by atoms with Crippen LogP contribution in [0.3, 0.4) is 0 Å². The number of alkyl halides is 2. The van der Waals surface area contributed by atoms with Gasteiger partial charge >= 0.3 is 6.61 Å². The second-order valence-electron chi connectivity index (χ2n) is 8.20. The first-order valence-electron chi connectivity index (χ1n) is 11.2. The molecule has 3 aromatic heterocycles. The molecule has 5 rings (SSSR count). The molecule has 2 unspecified atom stereocenters. The van der Waals surface area contributed by atoms with Crippen LogP contribution in [0.1, 0.15) is 5.69 Å². The van der Waals surface area contributed by atoms with E-state index in [-0.39, 0.29) is 22.3 Å². The van der Waals surface area contributed by atoms with Crippen molar-refractivity contribution in [2.45, 2.75) is 25.2 Å². The van der Waals surface area contributed by atoms with E-state index >= 15 is 0 Å². The van der Waals surface area contributed by atoms with Crippen molar-refractivity contribution in [3.05, 3.63) is 63.7 Å². The number of nitrogen functional groups attached to an aromatic ring is 1. The number of thiazole rings is 1. The molecule has 2 aliphatic rings. The predicted molar refractivity (Wildman–Crippen MR) is 138 cm³/mol. The number of pyridine rings is 1. The number of allylic oxidation sites excluding steroid dienone is 2. The number of aliphatic carboxylic acids is 1. The molecule has 0 aromatic carbocycles. The maximum atomic E-state index is 12.9. The molecule has 0 aliphatic carbocycles. The number of β-lactam (4-membered cyclic amide) rings is 1. The SMILES string of the molecule is Nc1nc(C(=NOC(F)F)C(=O)NC2C(=O)N3C(C(=O)[O-])=C(/C=C/C[n+]4ccc5sccc5c4)SCC23)cs1. The lowest BCUT2D eigenvalue weighted by Gasteiger charge is -2.50. The highest BCUT2D eigenvalue weighted by molar-refractivity contribution is 8.03. The summed E-state index contributed by atoms with van der Waals surface area (Å²) in [6.45, 7) is -2.82. The summed E-state index contributed by atoms with van der Waals surface area (Å²) in [5.74, 6) is -2.97. The van der Waals surface area contributed by atoms with Crippen LogP contribution in [0.15, 0.2) is 63.2 Å². The van der Waals surface area contributed by atoms with Gasteiger partial charge in [0.05, 0.1) is 23.1 Å². The Labute approximate surface area is 231 Å². The molecule has 1 saturated heterocycles. The number of carbonyl (C=O) groups is 3. The molecule has 0 radical (unpaired) electrons. The summed E-state index contributed by atoms with van der Waals surface area (Å²) in [5, 5.41) is 22.0. The maximum Gasteiger partial charge on any atom is 0.407 e. The summed E-state index contributed by atoms with van der Waals surface area (Å²) in [6, 6.07) is 2.17. The molecule has 5 heterocycles. The Balaban J connectivity index is 1.30. The largest absolute Gasteiger partial charge is 0.543 e. The zero-order valence-corrected chi connectivity index (χ0v) is 22.1. The number of carboxylic acid groups (broad SMARTS) is 1. The van der Waals surface area contributed by atoms with Crippen LogP contribution in [0.2, 0.25) is 0 Å². The molecule has 202 valence electrons. The Morgan fingerprint density at radius 2 is 2.21 bits per heavy atom. The van der Waals surface area contributed by atoms with Crippen molar-refractivity contribution in [1.82, 2.24) is 15.2 Å². The van der Waals surface area contributed by atoms with E-state index in [9.17, 15) is 28.3 Å². The van der Waals surface area contributed by atoms with E-state index in [0.29, 0.717) is 11.4 Å². The van der Waals surface area contributed by atoms with Crippen molar-refractivity contribution in [2.75, 3.05) is 11.5 Å². The number of aromatic nitrogens is 2. The Hall–Kier alpha value is -3.89. The lowest BCUT2D eigenvalue weighted by atomic mass is 9.94. The monoisotopic (exact) mass is 592 g/mol. The standard InChI is InChI=1S/C23H18F2N6O5S3/c24-22(25)36-29-16(12-9-39-23(26)27-12)19(32)28-17-13-10-38-15(18(21(34)35)31(13)20(17)33)2-1-5-30-6-3-14-11(8-30)4-7-37-14/h1-4,6-9,13,17,22H,5,10H2,(H3-,26,27,28,32,34,35)/b2-1+,29-16?. The molecule has 2 amide bonds. The van der Waals surface area contributed by atoms with Crippen LogP contribution in [0.5, 0.6) is 0 Å². The van der Waals surface area contributed by atoms with E-state index in [1.807, 2.05) is 34.5 Å². The van der Waals surface area contributed by atoms with E-state index in [2.05, 4.69) is 20.3 Å². The second kappa shape index (κ2) is 11.1. The normalized spacial score (nSPS) is 19.5. The van der Waals surface area contributed by atoms with Crippen LogP contribution in [0, 0.1) is 0 Å². The van der Waals surface area contributed by atoms with Crippen molar-refractivity contribution >= 4 is 73.1 Å². The Bertz CT molecular complexity index is 1550. The van der Waals surface area contributed by atoms with Gasteiger partial charge in [-0.3, -0.25) is 9.59 Å². The molecule has 3 aromatic rings. The molecule has 39 heavy (non-hydrogen) atoms. The molecule has 3 N–H and O–H groups in total. The minimum atomic E-state index is -3.29. The summed E-state index contributed by atoms with van der Waals surface area (Å²) in [5.41, 5.74) is 4.54. The number of amides is 2. The number of nitrogens with zero attached hydrogens (tertiary/aromatic N) is 4. The molecular weight excluding hydrogens is 574 g/mol. The van der Waals surface area contributed by atoms with Crippen molar-refractivity contribution in [3.63, 3.8) is 0 Å². The van der Waals surface area contributed by atoms with Crippen LogP contribution < -0.4 is 20.7 Å². The van der Waals surface area contributed by atoms with E-state index in [0.717, 1.165) is 26.3 Å². The number of fused-ring (bicyclic) bond motifs is 2. The molecule has 2 aliphatic heterocycles. The van der Waals surface area contributed by atoms with E-state index in [1.165, 1.54) is 17.1 Å². The number of thiophene rings is 1. The molecule has 11 nitrogen and oxygen atoms in total.